The van der Waals surface area contributed by atoms with Crippen LogP contribution in [0.4, 0.5) is 0 Å². The number of hydrogen-bond acceptors (Lipinski definition) is 0. The van der Waals surface area contributed by atoms with Gasteiger partial charge in [0.15, 0.2) is 0 Å². The summed E-state index contributed by atoms with van der Waals surface area (Å²) >= 11 is 0. The van der Waals surface area contributed by atoms with Crippen LogP contribution in [-0.4, -0.2) is 4.98 Å². The fraction of sp³-hybridized carbons (Fsp3) is 0.600. The van der Waals surface area contributed by atoms with Crippen LogP contribution >= 0.6 is 0 Å². The number of nitrogens with one attached hydrogen (secondary N) is 1. The van der Waals surface area contributed by atoms with Crippen molar-refractivity contribution in [1.29, 1.82) is 0 Å². The summed E-state index contributed by atoms with van der Waals surface area (Å²) in [7, 11) is 0. The van der Waals surface area contributed by atoms with Gasteiger partial charge in [0.25, 0.3) is 0 Å². The number of hydrogen-bond donors (Lipinski definition) is 1. The maximum absolute atomic E-state index is 3.46. The monoisotopic (exact) mass is 285 g/mol. The van der Waals surface area contributed by atoms with Crippen molar-refractivity contribution >= 4 is 10.9 Å². The second-order valence-electron chi connectivity index (χ2n) is 6.54. The van der Waals surface area contributed by atoms with Crippen molar-refractivity contribution in [2.45, 2.75) is 78.6 Å². The van der Waals surface area contributed by atoms with Crippen molar-refractivity contribution in [2.75, 3.05) is 0 Å². The zero-order chi connectivity index (χ0) is 15.1. The molecule has 0 atom stereocenters. The lowest BCUT2D eigenvalue weighted by atomic mass is 10.0. The third-order valence-electron chi connectivity index (χ3n) is 4.52. The Balaban J connectivity index is 1.76. The number of rotatable bonds is 9. The highest BCUT2D eigenvalue weighted by molar-refractivity contribution is 5.86. The van der Waals surface area contributed by atoms with Gasteiger partial charge in [-0.05, 0) is 43.9 Å². The predicted molar refractivity (Wildman–Crippen MR) is 94.1 cm³/mol. The first-order valence-electron chi connectivity index (χ1n) is 8.79. The maximum atomic E-state index is 3.46. The average molecular weight is 285 g/mol. The second-order valence-corrected chi connectivity index (χ2v) is 6.54. The molecule has 1 nitrogen and oxygen atoms in total. The Bertz CT molecular complexity index is 550. The summed E-state index contributed by atoms with van der Waals surface area (Å²) in [4.78, 5) is 3.46. The van der Waals surface area contributed by atoms with Crippen LogP contribution in [0.15, 0.2) is 18.3 Å². The van der Waals surface area contributed by atoms with Crippen molar-refractivity contribution in [1.82, 2.24) is 4.98 Å². The Morgan fingerprint density at radius 2 is 1.52 bits per heavy atom. The van der Waals surface area contributed by atoms with Crippen molar-refractivity contribution < 1.29 is 0 Å². The van der Waals surface area contributed by atoms with E-state index < -0.39 is 0 Å². The van der Waals surface area contributed by atoms with Crippen molar-refractivity contribution in [3.8, 4) is 0 Å². The van der Waals surface area contributed by atoms with Crippen LogP contribution < -0.4 is 0 Å². The molecule has 1 N–H and O–H groups in total. The molecule has 21 heavy (non-hydrogen) atoms. The summed E-state index contributed by atoms with van der Waals surface area (Å²) in [6, 6.07) is 4.60. The van der Waals surface area contributed by atoms with E-state index in [2.05, 4.69) is 44.1 Å². The molecule has 0 fully saturated rings. The lowest BCUT2D eigenvalue weighted by Crippen LogP contribution is -1.86. The number of benzene rings is 1. The zero-order valence-corrected chi connectivity index (χ0v) is 14.1. The molecule has 0 aliphatic heterocycles. The van der Waals surface area contributed by atoms with Gasteiger partial charge in [0.1, 0.15) is 0 Å². The number of unbranched alkanes of at least 4 members (excludes halogenated alkanes) is 7. The summed E-state index contributed by atoms with van der Waals surface area (Å²) in [6.45, 7) is 6.68. The molecule has 1 heterocycles. The molecule has 0 spiro atoms. The van der Waals surface area contributed by atoms with Gasteiger partial charge in [0.05, 0.1) is 0 Å². The molecule has 0 aliphatic rings. The van der Waals surface area contributed by atoms with E-state index in [-0.39, 0.29) is 0 Å². The summed E-state index contributed by atoms with van der Waals surface area (Å²) < 4.78 is 0. The van der Waals surface area contributed by atoms with Gasteiger partial charge in [0.2, 0.25) is 0 Å². The van der Waals surface area contributed by atoms with Gasteiger partial charge in [-0.2, -0.15) is 0 Å². The molecule has 0 saturated carbocycles. The van der Waals surface area contributed by atoms with E-state index in [9.17, 15) is 0 Å². The highest BCUT2D eigenvalue weighted by Gasteiger charge is 2.06. The van der Waals surface area contributed by atoms with E-state index in [1.807, 2.05) is 0 Å². The molecule has 116 valence electrons. The summed E-state index contributed by atoms with van der Waals surface area (Å²) in [5, 5.41) is 1.44. The van der Waals surface area contributed by atoms with Crippen LogP contribution in [0.25, 0.3) is 10.9 Å². The average Bonchev–Trinajstić information content (AvgIpc) is 2.85. The van der Waals surface area contributed by atoms with E-state index in [0.717, 1.165) is 0 Å². The number of aromatic amines is 1. The van der Waals surface area contributed by atoms with Gasteiger partial charge >= 0.3 is 0 Å². The highest BCUT2D eigenvalue weighted by Crippen LogP contribution is 2.24. The third kappa shape index (κ3) is 4.62. The van der Waals surface area contributed by atoms with Crippen LogP contribution in [0.1, 0.15) is 75.0 Å². The highest BCUT2D eigenvalue weighted by atomic mass is 14.7. The normalized spacial score (nSPS) is 11.4. The first kappa shape index (κ1) is 16.1. The standard InChI is InChI=1S/C20H31N/c1-4-5-6-7-8-9-10-11-12-18-15-21-20-17(3)13-16(2)14-19(18)20/h13-15,21H,4-12H2,1-3H3. The molecule has 0 radical (unpaired) electrons. The van der Waals surface area contributed by atoms with Crippen LogP contribution in [0, 0.1) is 13.8 Å². The Kier molecular flexibility index (Phi) is 6.35. The smallest absolute Gasteiger partial charge is 0.0486 e. The van der Waals surface area contributed by atoms with E-state index >= 15 is 0 Å². The van der Waals surface area contributed by atoms with Crippen molar-refractivity contribution in [2.24, 2.45) is 0 Å². The van der Waals surface area contributed by atoms with Gasteiger partial charge in [-0.15, -0.1) is 0 Å². The first-order valence-corrected chi connectivity index (χ1v) is 8.79. The van der Waals surface area contributed by atoms with Gasteiger partial charge < -0.3 is 4.98 Å². The molecular weight excluding hydrogens is 254 g/mol. The van der Waals surface area contributed by atoms with E-state index in [1.165, 1.54) is 85.4 Å². The fourth-order valence-corrected chi connectivity index (χ4v) is 3.31. The molecular formula is C20H31N. The number of aryl methyl sites for hydroxylation is 3. The molecule has 0 saturated heterocycles. The van der Waals surface area contributed by atoms with Crippen molar-refractivity contribution in [3.05, 3.63) is 35.0 Å². The van der Waals surface area contributed by atoms with Gasteiger partial charge in [0, 0.05) is 17.1 Å². The number of H-pyrrole nitrogens is 1. The largest absolute Gasteiger partial charge is 0.361 e. The number of aromatic nitrogens is 1. The van der Waals surface area contributed by atoms with E-state index in [1.54, 1.807) is 0 Å². The molecule has 1 heteroatoms. The van der Waals surface area contributed by atoms with E-state index in [4.69, 9.17) is 0 Å². The maximum Gasteiger partial charge on any atom is 0.0486 e. The Hall–Kier alpha value is -1.24. The lowest BCUT2D eigenvalue weighted by Gasteiger charge is -2.03. The molecule has 0 unspecified atom stereocenters. The quantitative estimate of drug-likeness (QED) is 0.508. The van der Waals surface area contributed by atoms with Gasteiger partial charge in [-0.1, -0.05) is 63.5 Å². The molecule has 0 bridgehead atoms. The van der Waals surface area contributed by atoms with Crippen LogP contribution in [0.3, 0.4) is 0 Å². The van der Waals surface area contributed by atoms with Crippen LogP contribution in [-0.2, 0) is 6.42 Å². The molecule has 2 aromatic rings. The molecule has 2 rings (SSSR count). The summed E-state index contributed by atoms with van der Waals surface area (Å²) in [6.07, 6.45) is 14.6. The molecule has 1 aromatic carbocycles. The second kappa shape index (κ2) is 8.26. The minimum Gasteiger partial charge on any atom is -0.361 e. The lowest BCUT2D eigenvalue weighted by molar-refractivity contribution is 0.576. The molecule has 1 aromatic heterocycles. The first-order chi connectivity index (χ1) is 10.2. The number of fused-ring (bicyclic) bond motifs is 1. The summed E-state index contributed by atoms with van der Waals surface area (Å²) in [5.74, 6) is 0. The van der Waals surface area contributed by atoms with Crippen molar-refractivity contribution in [3.63, 3.8) is 0 Å². The Morgan fingerprint density at radius 1 is 0.857 bits per heavy atom. The minimum absolute atomic E-state index is 1.22. The fourth-order valence-electron chi connectivity index (χ4n) is 3.31. The van der Waals surface area contributed by atoms with E-state index in [0.29, 0.717) is 0 Å². The predicted octanol–water partition coefficient (Wildman–Crippen LogP) is 6.47. The Labute approximate surface area is 130 Å². The Morgan fingerprint density at radius 3 is 2.24 bits per heavy atom. The van der Waals surface area contributed by atoms with Gasteiger partial charge in [-0.3, -0.25) is 0 Å². The van der Waals surface area contributed by atoms with Crippen LogP contribution in [0.2, 0.25) is 0 Å². The molecule has 0 aliphatic carbocycles. The minimum atomic E-state index is 1.22. The van der Waals surface area contributed by atoms with Crippen LogP contribution in [0.5, 0.6) is 0 Å². The zero-order valence-electron chi connectivity index (χ0n) is 14.1. The summed E-state index contributed by atoms with van der Waals surface area (Å²) in [5.41, 5.74) is 5.57. The SMILES string of the molecule is CCCCCCCCCCc1c[nH]c2c(C)cc(C)cc12. The topological polar surface area (TPSA) is 15.8 Å². The molecule has 0 amide bonds. The van der Waals surface area contributed by atoms with Gasteiger partial charge in [-0.25, -0.2) is 0 Å². The third-order valence-corrected chi connectivity index (χ3v) is 4.52.